The van der Waals surface area contributed by atoms with Crippen LogP contribution in [-0.4, -0.2) is 79.1 Å². The number of amides is 3. The van der Waals surface area contributed by atoms with Gasteiger partial charge in [-0.05, 0) is 36.5 Å². The molecule has 4 unspecified atom stereocenters. The Hall–Kier alpha value is -4.46. The van der Waals surface area contributed by atoms with Gasteiger partial charge in [0.1, 0.15) is 23.9 Å². The lowest BCUT2D eigenvalue weighted by Crippen LogP contribution is -2.58. The first-order valence-corrected chi connectivity index (χ1v) is 12.7. The summed E-state index contributed by atoms with van der Waals surface area (Å²) in [6.45, 7) is 3.55. The number of nitrogens with zero attached hydrogens (tertiary/aromatic N) is 1. The van der Waals surface area contributed by atoms with Crippen molar-refractivity contribution in [1.82, 2.24) is 25.9 Å². The normalized spacial score (nSPS) is 14.0. The van der Waals surface area contributed by atoms with Crippen LogP contribution in [0.15, 0.2) is 36.8 Å². The van der Waals surface area contributed by atoms with Gasteiger partial charge in [-0.15, -0.1) is 0 Å². The highest BCUT2D eigenvalue weighted by atomic mass is 16.4. The third-order valence-corrected chi connectivity index (χ3v) is 5.94. The molecule has 4 atom stereocenters. The number of aromatic amines is 1. The number of benzene rings is 1. The summed E-state index contributed by atoms with van der Waals surface area (Å²) in [7, 11) is 0. The fourth-order valence-electron chi connectivity index (χ4n) is 3.86. The van der Waals surface area contributed by atoms with E-state index < -0.39 is 60.2 Å². The number of carboxylic acids is 2. The molecule has 0 aliphatic heterocycles. The number of carbonyl (C=O) groups is 5. The average Bonchev–Trinajstić information content (AvgIpc) is 3.39. The van der Waals surface area contributed by atoms with Gasteiger partial charge >= 0.3 is 11.9 Å². The van der Waals surface area contributed by atoms with Crippen LogP contribution in [0.25, 0.3) is 0 Å². The van der Waals surface area contributed by atoms with Crippen LogP contribution in [-0.2, 0) is 36.8 Å². The molecule has 0 aliphatic carbocycles. The van der Waals surface area contributed by atoms with Gasteiger partial charge in [0.25, 0.3) is 0 Å². The summed E-state index contributed by atoms with van der Waals surface area (Å²) in [6, 6.07) is 0.972. The Morgan fingerprint density at radius 3 is 2.05 bits per heavy atom. The van der Waals surface area contributed by atoms with Gasteiger partial charge in [0.05, 0.1) is 12.4 Å². The monoisotopic (exact) mass is 560 g/mol. The van der Waals surface area contributed by atoms with Gasteiger partial charge in [0.15, 0.2) is 0 Å². The largest absolute Gasteiger partial charge is 0.508 e. The molecular formula is C26H36N6O8. The highest BCUT2D eigenvalue weighted by Gasteiger charge is 2.31. The summed E-state index contributed by atoms with van der Waals surface area (Å²) < 4.78 is 0. The molecule has 40 heavy (non-hydrogen) atoms. The van der Waals surface area contributed by atoms with Crippen LogP contribution in [0, 0.1) is 5.92 Å². The number of aromatic nitrogens is 2. The highest BCUT2D eigenvalue weighted by Crippen LogP contribution is 2.13. The average molecular weight is 561 g/mol. The van der Waals surface area contributed by atoms with Crippen LogP contribution >= 0.6 is 0 Å². The van der Waals surface area contributed by atoms with Gasteiger partial charge in [-0.25, -0.2) is 9.78 Å². The summed E-state index contributed by atoms with van der Waals surface area (Å²) in [5, 5.41) is 35.6. The third kappa shape index (κ3) is 10.7. The van der Waals surface area contributed by atoms with E-state index in [-0.39, 0.29) is 37.4 Å². The molecule has 0 saturated heterocycles. The molecule has 0 bridgehead atoms. The Bertz CT molecular complexity index is 1150. The number of carbonyl (C=O) groups excluding carboxylic acids is 3. The number of H-pyrrole nitrogens is 1. The number of nitrogens with one attached hydrogen (secondary N) is 4. The molecule has 0 radical (unpaired) electrons. The molecule has 1 aromatic carbocycles. The molecule has 218 valence electrons. The van der Waals surface area contributed by atoms with Crippen molar-refractivity contribution in [2.45, 2.75) is 70.1 Å². The van der Waals surface area contributed by atoms with Crippen molar-refractivity contribution in [2.24, 2.45) is 11.7 Å². The molecule has 0 saturated carbocycles. The van der Waals surface area contributed by atoms with Crippen molar-refractivity contribution in [1.29, 1.82) is 0 Å². The predicted molar refractivity (Wildman–Crippen MR) is 142 cm³/mol. The molecule has 1 heterocycles. The number of imidazole rings is 1. The maximum absolute atomic E-state index is 13.4. The van der Waals surface area contributed by atoms with E-state index in [1.807, 2.05) is 0 Å². The van der Waals surface area contributed by atoms with Gasteiger partial charge in [0.2, 0.25) is 17.7 Å². The van der Waals surface area contributed by atoms with Gasteiger partial charge < -0.3 is 42.0 Å². The Labute approximate surface area is 230 Å². The molecule has 3 amide bonds. The quantitative estimate of drug-likeness (QED) is 0.133. The maximum atomic E-state index is 13.4. The molecule has 2 rings (SSSR count). The van der Waals surface area contributed by atoms with Crippen molar-refractivity contribution in [3.8, 4) is 5.75 Å². The summed E-state index contributed by atoms with van der Waals surface area (Å²) in [5.74, 6) is -4.90. The summed E-state index contributed by atoms with van der Waals surface area (Å²) in [4.78, 5) is 68.8. The fraction of sp³-hybridized carbons (Fsp3) is 0.462. The minimum atomic E-state index is -1.39. The van der Waals surface area contributed by atoms with E-state index >= 15 is 0 Å². The maximum Gasteiger partial charge on any atom is 0.326 e. The molecule has 9 N–H and O–H groups in total. The molecule has 14 nitrogen and oxygen atoms in total. The number of phenolic OH excluding ortho intramolecular Hbond substituents is 1. The molecular weight excluding hydrogens is 524 g/mol. The van der Waals surface area contributed by atoms with Crippen LogP contribution in [0.3, 0.4) is 0 Å². The molecule has 0 aliphatic rings. The van der Waals surface area contributed by atoms with Crippen molar-refractivity contribution in [3.05, 3.63) is 48.0 Å². The van der Waals surface area contributed by atoms with Crippen molar-refractivity contribution < 1.29 is 39.3 Å². The van der Waals surface area contributed by atoms with Crippen molar-refractivity contribution in [2.75, 3.05) is 0 Å². The molecule has 2 aromatic rings. The number of phenols is 1. The number of aromatic hydroxyl groups is 1. The Kier molecular flexibility index (Phi) is 12.1. The molecule has 1 aromatic heterocycles. The summed E-state index contributed by atoms with van der Waals surface area (Å²) in [5.41, 5.74) is 7.18. The number of hydrogen-bond donors (Lipinski definition) is 8. The number of rotatable bonds is 16. The SMILES string of the molecule is CC(C)CC(NC(=O)C(CCC(=O)O)NC(=O)C(Cc1ccc(O)cc1)NC(=O)C(N)Cc1cnc[nH]1)C(=O)O. The first-order chi connectivity index (χ1) is 18.8. The van der Waals surface area contributed by atoms with Gasteiger partial charge in [-0.1, -0.05) is 26.0 Å². The summed E-state index contributed by atoms with van der Waals surface area (Å²) in [6.07, 6.45) is 2.31. The number of aliphatic carboxylic acids is 2. The van der Waals surface area contributed by atoms with Crippen LogP contribution in [0.1, 0.15) is 44.4 Å². The number of nitrogens with two attached hydrogens (primary N) is 1. The minimum absolute atomic E-state index is 0.00449. The van der Waals surface area contributed by atoms with Gasteiger partial charge in [-0.3, -0.25) is 19.2 Å². The van der Waals surface area contributed by atoms with E-state index in [4.69, 9.17) is 10.8 Å². The summed E-state index contributed by atoms with van der Waals surface area (Å²) >= 11 is 0. The Morgan fingerprint density at radius 1 is 0.900 bits per heavy atom. The van der Waals surface area contributed by atoms with Crippen molar-refractivity contribution >= 4 is 29.7 Å². The second kappa shape index (κ2) is 15.2. The topological polar surface area (TPSA) is 237 Å². The van der Waals surface area contributed by atoms with Gasteiger partial charge in [0, 0.05) is 31.2 Å². The van der Waals surface area contributed by atoms with Crippen molar-refractivity contribution in [3.63, 3.8) is 0 Å². The molecule has 0 fully saturated rings. The lowest BCUT2D eigenvalue weighted by Gasteiger charge is -2.25. The highest BCUT2D eigenvalue weighted by molar-refractivity contribution is 5.94. The zero-order valence-corrected chi connectivity index (χ0v) is 22.3. The van der Waals surface area contributed by atoms with E-state index in [1.54, 1.807) is 26.0 Å². The standard InChI is InChI=1S/C26H36N6O8/c1-14(2)9-21(26(39)40)32-24(37)19(7-8-22(34)35)30-25(38)20(10-15-3-5-17(33)6-4-15)31-23(36)18(27)11-16-12-28-13-29-16/h3-6,12-14,18-21,33H,7-11,27H2,1-2H3,(H,28,29)(H,30,38)(H,31,36)(H,32,37)(H,34,35)(H,39,40). The van der Waals surface area contributed by atoms with Crippen LogP contribution < -0.4 is 21.7 Å². The lowest BCUT2D eigenvalue weighted by molar-refractivity contribution is -0.143. The van der Waals surface area contributed by atoms with E-state index in [9.17, 15) is 34.2 Å². The second-order valence-electron chi connectivity index (χ2n) is 9.84. The van der Waals surface area contributed by atoms with E-state index in [2.05, 4.69) is 25.9 Å². The zero-order chi connectivity index (χ0) is 29.8. The molecule has 0 spiro atoms. The number of carboxylic acid groups (broad SMARTS) is 2. The predicted octanol–water partition coefficient (Wildman–Crippen LogP) is -0.322. The first-order valence-electron chi connectivity index (χ1n) is 12.7. The fourth-order valence-corrected chi connectivity index (χ4v) is 3.86. The van der Waals surface area contributed by atoms with Crippen LogP contribution in [0.4, 0.5) is 0 Å². The number of hydrogen-bond acceptors (Lipinski definition) is 8. The van der Waals surface area contributed by atoms with E-state index in [1.165, 1.54) is 24.7 Å². The van der Waals surface area contributed by atoms with E-state index in [0.717, 1.165) is 0 Å². The first kappa shape index (κ1) is 31.8. The van der Waals surface area contributed by atoms with Crippen LogP contribution in [0.5, 0.6) is 5.75 Å². The third-order valence-electron chi connectivity index (χ3n) is 5.94. The minimum Gasteiger partial charge on any atom is -0.508 e. The molecule has 14 heteroatoms. The lowest BCUT2D eigenvalue weighted by atomic mass is 10.0. The van der Waals surface area contributed by atoms with Crippen LogP contribution in [0.2, 0.25) is 0 Å². The second-order valence-corrected chi connectivity index (χ2v) is 9.84. The van der Waals surface area contributed by atoms with E-state index in [0.29, 0.717) is 11.3 Å². The Balaban J connectivity index is 2.24. The zero-order valence-electron chi connectivity index (χ0n) is 22.3. The van der Waals surface area contributed by atoms with Gasteiger partial charge in [-0.2, -0.15) is 0 Å². The Morgan fingerprint density at radius 2 is 1.50 bits per heavy atom. The smallest absolute Gasteiger partial charge is 0.326 e.